The van der Waals surface area contributed by atoms with Gasteiger partial charge < -0.3 is 15.3 Å². The first-order valence-electron chi connectivity index (χ1n) is 27.1. The number of aliphatic hydroxyl groups excluding tert-OH is 2. The fourth-order valence-electron chi connectivity index (χ4n) is 8.36. The Labute approximate surface area is 385 Å². The minimum Gasteiger partial charge on any atom is -0.390 e. The number of carbonyl (C=O) groups is 2. The lowest BCUT2D eigenvalue weighted by molar-refractivity contribution is -0.173. The van der Waals surface area contributed by atoms with Crippen LogP contribution in [-0.2, 0) is 9.59 Å². The summed E-state index contributed by atoms with van der Waals surface area (Å²) in [5.41, 5.74) is -2.54. The molecule has 0 amide bonds. The van der Waals surface area contributed by atoms with Gasteiger partial charge in [0.05, 0.1) is 6.10 Å². The number of allylic oxidation sites excluding steroid dienone is 8. The Morgan fingerprint density at radius 1 is 0.371 bits per heavy atom. The molecule has 2 atom stereocenters. The average Bonchev–Trinajstić information content (AvgIpc) is 3.27. The van der Waals surface area contributed by atoms with Gasteiger partial charge in [-0.1, -0.05) is 217 Å². The maximum absolute atomic E-state index is 13.6. The lowest BCUT2D eigenvalue weighted by atomic mass is 9.79. The summed E-state index contributed by atoms with van der Waals surface area (Å²) >= 11 is 0. The van der Waals surface area contributed by atoms with Gasteiger partial charge >= 0.3 is 0 Å². The average molecular weight is 869 g/mol. The van der Waals surface area contributed by atoms with Gasteiger partial charge in [0, 0.05) is 12.8 Å². The number of ketones is 2. The van der Waals surface area contributed by atoms with Gasteiger partial charge in [-0.05, 0) is 103 Å². The molecule has 0 radical (unpaired) electrons. The Balaban J connectivity index is 4.72. The molecule has 0 fully saturated rings. The van der Waals surface area contributed by atoms with Crippen LogP contribution in [0.1, 0.15) is 284 Å². The van der Waals surface area contributed by atoms with Crippen LogP contribution in [0.4, 0.5) is 0 Å². The van der Waals surface area contributed by atoms with Gasteiger partial charge in [0.15, 0.2) is 11.6 Å². The van der Waals surface area contributed by atoms with Crippen molar-refractivity contribution in [2.45, 2.75) is 302 Å². The molecular weight excluding hydrogens is 765 g/mol. The predicted octanol–water partition coefficient (Wildman–Crippen LogP) is 16.9. The van der Waals surface area contributed by atoms with E-state index in [1.165, 1.54) is 122 Å². The minimum atomic E-state index is -2.54. The maximum Gasteiger partial charge on any atom is 0.209 e. The highest BCUT2D eigenvalue weighted by molar-refractivity contribution is 6.10. The van der Waals surface area contributed by atoms with Crippen LogP contribution < -0.4 is 0 Å². The van der Waals surface area contributed by atoms with Crippen molar-refractivity contribution in [3.8, 4) is 0 Å². The van der Waals surface area contributed by atoms with Gasteiger partial charge in [0.1, 0.15) is 6.10 Å². The van der Waals surface area contributed by atoms with Crippen LogP contribution in [0.25, 0.3) is 0 Å². The molecule has 0 aliphatic rings. The van der Waals surface area contributed by atoms with Crippen molar-refractivity contribution in [3.63, 3.8) is 0 Å². The molecular formula is C57H104O5. The molecule has 0 saturated carbocycles. The Hall–Kier alpha value is -1.82. The van der Waals surface area contributed by atoms with E-state index in [0.717, 1.165) is 103 Å². The number of hydrogen-bond donors (Lipinski definition) is 3. The molecule has 5 nitrogen and oxygen atoms in total. The van der Waals surface area contributed by atoms with Gasteiger partial charge in [0.25, 0.3) is 0 Å². The summed E-state index contributed by atoms with van der Waals surface area (Å²) in [7, 11) is 0. The van der Waals surface area contributed by atoms with Gasteiger partial charge in [-0.2, -0.15) is 0 Å². The Bertz CT molecular complexity index is 1040. The molecule has 0 heterocycles. The Morgan fingerprint density at radius 2 is 0.629 bits per heavy atom. The number of carbonyl (C=O) groups excluding carboxylic acids is 2. The summed E-state index contributed by atoms with van der Waals surface area (Å²) in [6.07, 6.45) is 58.5. The molecule has 0 aromatic carbocycles. The molecule has 0 rings (SSSR count). The molecule has 62 heavy (non-hydrogen) atoms. The van der Waals surface area contributed by atoms with E-state index >= 15 is 0 Å². The highest BCUT2D eigenvalue weighted by atomic mass is 16.4. The molecule has 0 aromatic heterocycles. The van der Waals surface area contributed by atoms with Gasteiger partial charge in [0.2, 0.25) is 5.60 Å². The van der Waals surface area contributed by atoms with Gasteiger partial charge in [-0.25, -0.2) is 0 Å². The van der Waals surface area contributed by atoms with E-state index in [9.17, 15) is 24.9 Å². The van der Waals surface area contributed by atoms with Crippen LogP contribution in [0, 0.1) is 0 Å². The number of Topliss-reactive ketones (excluding diaryl/α,β-unsaturated/α-hetero) is 2. The highest BCUT2D eigenvalue weighted by Crippen LogP contribution is 2.26. The van der Waals surface area contributed by atoms with Crippen molar-refractivity contribution in [2.24, 2.45) is 0 Å². The van der Waals surface area contributed by atoms with Gasteiger partial charge in [-0.15, -0.1) is 0 Å². The zero-order valence-corrected chi connectivity index (χ0v) is 41.4. The van der Waals surface area contributed by atoms with E-state index in [2.05, 4.69) is 69.4 Å². The topological polar surface area (TPSA) is 94.8 Å². The van der Waals surface area contributed by atoms with Crippen LogP contribution in [0.5, 0.6) is 0 Å². The smallest absolute Gasteiger partial charge is 0.209 e. The van der Waals surface area contributed by atoms with Gasteiger partial charge in [-0.3, -0.25) is 9.59 Å². The van der Waals surface area contributed by atoms with Crippen molar-refractivity contribution in [1.29, 1.82) is 0 Å². The first-order valence-corrected chi connectivity index (χ1v) is 27.1. The number of rotatable bonds is 49. The van der Waals surface area contributed by atoms with Crippen LogP contribution in [0.15, 0.2) is 48.6 Å². The fraction of sp³-hybridized carbons (Fsp3) is 0.825. The summed E-state index contributed by atoms with van der Waals surface area (Å²) in [6, 6.07) is 0. The SMILES string of the molecule is CCCCC/C=C\C/C=C\CCCCCCCCC(O)C(O)C(O)(C(=O)CCCCCCC/C=C\CCCCCCCC)C(=O)CCCCCCC/C=C\CCCCCCCC. The third kappa shape index (κ3) is 36.5. The molecule has 0 saturated heterocycles. The summed E-state index contributed by atoms with van der Waals surface area (Å²) in [5, 5.41) is 34.0. The summed E-state index contributed by atoms with van der Waals surface area (Å²) < 4.78 is 0. The van der Waals surface area contributed by atoms with Crippen LogP contribution in [0.2, 0.25) is 0 Å². The number of unbranched alkanes of at least 4 members (excludes halogenated alkanes) is 31. The molecule has 0 aliphatic heterocycles. The first-order chi connectivity index (χ1) is 30.4. The third-order valence-electron chi connectivity index (χ3n) is 12.7. The van der Waals surface area contributed by atoms with Crippen LogP contribution in [-0.4, -0.2) is 44.7 Å². The first kappa shape index (κ1) is 60.2. The van der Waals surface area contributed by atoms with Crippen molar-refractivity contribution in [3.05, 3.63) is 48.6 Å². The molecule has 0 spiro atoms. The van der Waals surface area contributed by atoms with Crippen LogP contribution >= 0.6 is 0 Å². The standard InChI is InChI=1S/C57H104O5/c1-4-7-10-13-16-19-22-25-28-31-32-35-38-41-44-47-50-53(58)56(61)57(62,54(59)51-48-45-42-39-36-33-29-26-23-20-17-14-11-8-5-2)55(60)52-49-46-43-40-37-34-30-27-24-21-18-15-12-9-6-3/h16,19,25-30,53,56,58,61-62H,4-15,17-18,20-24,31-52H2,1-3H3/b19-16-,28-25-,29-26-,30-27-. The summed E-state index contributed by atoms with van der Waals surface area (Å²) in [5.74, 6) is -1.26. The molecule has 2 unspecified atom stereocenters. The normalized spacial score (nSPS) is 13.5. The maximum atomic E-state index is 13.6. The van der Waals surface area contributed by atoms with Crippen molar-refractivity contribution in [1.82, 2.24) is 0 Å². The lowest BCUT2D eigenvalue weighted by Gasteiger charge is -2.33. The van der Waals surface area contributed by atoms with E-state index < -0.39 is 29.4 Å². The monoisotopic (exact) mass is 869 g/mol. The van der Waals surface area contributed by atoms with E-state index in [-0.39, 0.29) is 19.3 Å². The van der Waals surface area contributed by atoms with E-state index in [0.29, 0.717) is 19.3 Å². The predicted molar refractivity (Wildman–Crippen MR) is 270 cm³/mol. The van der Waals surface area contributed by atoms with E-state index in [1.807, 2.05) is 0 Å². The summed E-state index contributed by atoms with van der Waals surface area (Å²) in [4.78, 5) is 27.2. The number of aliphatic hydroxyl groups is 3. The van der Waals surface area contributed by atoms with Crippen LogP contribution in [0.3, 0.4) is 0 Å². The second-order valence-corrected chi connectivity index (χ2v) is 18.7. The molecule has 3 N–H and O–H groups in total. The molecule has 0 aromatic rings. The highest BCUT2D eigenvalue weighted by Gasteiger charge is 2.51. The largest absolute Gasteiger partial charge is 0.390 e. The summed E-state index contributed by atoms with van der Waals surface area (Å²) in [6.45, 7) is 6.75. The zero-order valence-electron chi connectivity index (χ0n) is 41.4. The molecule has 0 aliphatic carbocycles. The molecule has 0 bridgehead atoms. The van der Waals surface area contributed by atoms with Crippen molar-refractivity contribution >= 4 is 11.6 Å². The van der Waals surface area contributed by atoms with Crippen molar-refractivity contribution < 1.29 is 24.9 Å². The van der Waals surface area contributed by atoms with Crippen molar-refractivity contribution in [2.75, 3.05) is 0 Å². The molecule has 5 heteroatoms. The second kappa shape index (κ2) is 47.2. The lowest BCUT2D eigenvalue weighted by Crippen LogP contribution is -2.60. The Kier molecular flexibility index (Phi) is 45.8. The molecule has 362 valence electrons. The number of hydrogen-bond acceptors (Lipinski definition) is 5. The second-order valence-electron chi connectivity index (χ2n) is 18.7. The minimum absolute atomic E-state index is 0.0431. The Morgan fingerprint density at radius 3 is 0.984 bits per heavy atom. The van der Waals surface area contributed by atoms with E-state index in [1.54, 1.807) is 0 Å². The quantitative estimate of drug-likeness (QED) is 0.0322. The van der Waals surface area contributed by atoms with E-state index in [4.69, 9.17) is 0 Å². The zero-order chi connectivity index (χ0) is 45.5. The fourth-order valence-corrected chi connectivity index (χ4v) is 8.36. The third-order valence-corrected chi connectivity index (χ3v) is 12.7.